The SMILES string of the molecule is CCCC(C)(C)c1ccc(NC(=O)C(C#N)C(C)=O)cc1. The molecule has 0 radical (unpaired) electrons. The quantitative estimate of drug-likeness (QED) is 0.814. The van der Waals surface area contributed by atoms with E-state index in [0.717, 1.165) is 12.8 Å². The van der Waals surface area contributed by atoms with Crippen molar-refractivity contribution in [3.63, 3.8) is 0 Å². The first kappa shape index (κ1) is 16.9. The number of nitriles is 1. The van der Waals surface area contributed by atoms with Gasteiger partial charge in [-0.15, -0.1) is 0 Å². The summed E-state index contributed by atoms with van der Waals surface area (Å²) in [5.74, 6) is -2.28. The molecule has 0 saturated carbocycles. The average molecular weight is 286 g/mol. The Kier molecular flexibility index (Phi) is 5.66. The summed E-state index contributed by atoms with van der Waals surface area (Å²) in [6.45, 7) is 7.76. The Hall–Kier alpha value is -2.15. The molecule has 0 aliphatic heterocycles. The standard InChI is InChI=1S/C17H22N2O2/c1-5-10-17(3,4)13-6-8-14(9-7-13)19-16(21)15(11-18)12(2)20/h6-9,15H,5,10H2,1-4H3,(H,19,21). The molecule has 4 heteroatoms. The van der Waals surface area contributed by atoms with E-state index in [1.807, 2.05) is 12.1 Å². The molecule has 0 spiro atoms. The van der Waals surface area contributed by atoms with E-state index in [4.69, 9.17) is 5.26 Å². The molecule has 0 bridgehead atoms. The van der Waals surface area contributed by atoms with Gasteiger partial charge in [-0.2, -0.15) is 5.26 Å². The summed E-state index contributed by atoms with van der Waals surface area (Å²) in [4.78, 5) is 23.0. The summed E-state index contributed by atoms with van der Waals surface area (Å²) < 4.78 is 0. The van der Waals surface area contributed by atoms with Crippen molar-refractivity contribution in [3.8, 4) is 6.07 Å². The first-order valence-corrected chi connectivity index (χ1v) is 7.13. The normalized spacial score (nSPS) is 12.3. The van der Waals surface area contributed by atoms with E-state index in [1.54, 1.807) is 18.2 Å². The van der Waals surface area contributed by atoms with Crippen LogP contribution in [0.25, 0.3) is 0 Å². The second-order valence-corrected chi connectivity index (χ2v) is 5.87. The van der Waals surface area contributed by atoms with Gasteiger partial charge in [-0.3, -0.25) is 9.59 Å². The van der Waals surface area contributed by atoms with Gasteiger partial charge in [-0.1, -0.05) is 39.3 Å². The minimum Gasteiger partial charge on any atom is -0.325 e. The number of anilines is 1. The highest BCUT2D eigenvalue weighted by Crippen LogP contribution is 2.29. The number of hydrogen-bond donors (Lipinski definition) is 1. The summed E-state index contributed by atoms with van der Waals surface area (Å²) in [5.41, 5.74) is 1.88. The Morgan fingerprint density at radius 3 is 2.29 bits per heavy atom. The van der Waals surface area contributed by atoms with Crippen LogP contribution in [0.3, 0.4) is 0 Å². The third-order valence-corrected chi connectivity index (χ3v) is 3.61. The number of nitrogens with one attached hydrogen (secondary N) is 1. The van der Waals surface area contributed by atoms with Crippen molar-refractivity contribution in [3.05, 3.63) is 29.8 Å². The van der Waals surface area contributed by atoms with Crippen LogP contribution in [0.1, 0.15) is 46.1 Å². The van der Waals surface area contributed by atoms with Crippen LogP contribution in [0.2, 0.25) is 0 Å². The summed E-state index contributed by atoms with van der Waals surface area (Å²) in [6, 6.07) is 9.27. The summed E-state index contributed by atoms with van der Waals surface area (Å²) in [5, 5.41) is 11.4. The van der Waals surface area contributed by atoms with Gasteiger partial charge in [0.05, 0.1) is 6.07 Å². The highest BCUT2D eigenvalue weighted by atomic mass is 16.2. The maximum atomic E-state index is 11.8. The van der Waals surface area contributed by atoms with Gasteiger partial charge in [0, 0.05) is 5.69 Å². The monoisotopic (exact) mass is 286 g/mol. The molecule has 4 nitrogen and oxygen atoms in total. The maximum Gasteiger partial charge on any atom is 0.249 e. The largest absolute Gasteiger partial charge is 0.325 e. The topological polar surface area (TPSA) is 70.0 Å². The zero-order valence-corrected chi connectivity index (χ0v) is 13.1. The van der Waals surface area contributed by atoms with Crippen LogP contribution in [-0.2, 0) is 15.0 Å². The molecule has 1 amide bonds. The number of carbonyl (C=O) groups is 2. The molecule has 0 aromatic heterocycles. The fourth-order valence-electron chi connectivity index (χ4n) is 2.32. The Bertz CT molecular complexity index is 553. The molecule has 0 saturated heterocycles. The predicted molar refractivity (Wildman–Crippen MR) is 82.8 cm³/mol. The van der Waals surface area contributed by atoms with Gasteiger partial charge in [0.25, 0.3) is 0 Å². The van der Waals surface area contributed by atoms with Crippen molar-refractivity contribution in [2.75, 3.05) is 5.32 Å². The lowest BCUT2D eigenvalue weighted by atomic mass is 9.81. The summed E-state index contributed by atoms with van der Waals surface area (Å²) >= 11 is 0. The van der Waals surface area contributed by atoms with Gasteiger partial charge >= 0.3 is 0 Å². The van der Waals surface area contributed by atoms with E-state index in [1.165, 1.54) is 12.5 Å². The van der Waals surface area contributed by atoms with Crippen LogP contribution in [-0.4, -0.2) is 11.7 Å². The molecule has 1 N–H and O–H groups in total. The Labute approximate surface area is 126 Å². The smallest absolute Gasteiger partial charge is 0.249 e. The van der Waals surface area contributed by atoms with Crippen LogP contribution in [0, 0.1) is 17.2 Å². The Balaban J connectivity index is 2.82. The zero-order chi connectivity index (χ0) is 16.0. The van der Waals surface area contributed by atoms with Gasteiger partial charge in [0.1, 0.15) is 0 Å². The van der Waals surface area contributed by atoms with Crippen LogP contribution in [0.4, 0.5) is 5.69 Å². The molecule has 21 heavy (non-hydrogen) atoms. The molecular weight excluding hydrogens is 264 g/mol. The molecule has 0 heterocycles. The molecule has 1 aromatic carbocycles. The first-order valence-electron chi connectivity index (χ1n) is 7.13. The molecular formula is C17H22N2O2. The van der Waals surface area contributed by atoms with Crippen molar-refractivity contribution in [1.29, 1.82) is 5.26 Å². The minimum atomic E-state index is -1.25. The molecule has 1 aromatic rings. The molecule has 112 valence electrons. The van der Waals surface area contributed by atoms with E-state index in [2.05, 4.69) is 26.1 Å². The van der Waals surface area contributed by atoms with Crippen molar-refractivity contribution < 1.29 is 9.59 Å². The molecule has 0 fully saturated rings. The number of carbonyl (C=O) groups excluding carboxylic acids is 2. The van der Waals surface area contributed by atoms with Gasteiger partial charge in [-0.05, 0) is 36.5 Å². The summed E-state index contributed by atoms with van der Waals surface area (Å²) in [6.07, 6.45) is 2.19. The van der Waals surface area contributed by atoms with Crippen molar-refractivity contribution >= 4 is 17.4 Å². The number of hydrogen-bond acceptors (Lipinski definition) is 3. The molecule has 0 aliphatic rings. The number of benzene rings is 1. The number of ketones is 1. The number of rotatable bonds is 6. The van der Waals surface area contributed by atoms with E-state index in [-0.39, 0.29) is 5.41 Å². The lowest BCUT2D eigenvalue weighted by molar-refractivity contribution is -0.127. The Morgan fingerprint density at radius 1 is 1.29 bits per heavy atom. The van der Waals surface area contributed by atoms with E-state index in [9.17, 15) is 9.59 Å². The second kappa shape index (κ2) is 7.03. The number of amides is 1. The van der Waals surface area contributed by atoms with Crippen LogP contribution >= 0.6 is 0 Å². The van der Waals surface area contributed by atoms with Crippen LogP contribution in [0.15, 0.2) is 24.3 Å². The average Bonchev–Trinajstić information content (AvgIpc) is 2.39. The fraction of sp³-hybridized carbons (Fsp3) is 0.471. The lowest BCUT2D eigenvalue weighted by Gasteiger charge is -2.25. The molecule has 1 unspecified atom stereocenters. The van der Waals surface area contributed by atoms with Crippen molar-refractivity contribution in [1.82, 2.24) is 0 Å². The van der Waals surface area contributed by atoms with E-state index in [0.29, 0.717) is 5.69 Å². The Morgan fingerprint density at radius 2 is 1.86 bits per heavy atom. The number of nitrogens with zero attached hydrogens (tertiary/aromatic N) is 1. The van der Waals surface area contributed by atoms with E-state index >= 15 is 0 Å². The van der Waals surface area contributed by atoms with E-state index < -0.39 is 17.6 Å². The third-order valence-electron chi connectivity index (χ3n) is 3.61. The van der Waals surface area contributed by atoms with Gasteiger partial charge < -0.3 is 5.32 Å². The minimum absolute atomic E-state index is 0.0891. The van der Waals surface area contributed by atoms with Crippen LogP contribution in [0.5, 0.6) is 0 Å². The fourth-order valence-corrected chi connectivity index (χ4v) is 2.32. The predicted octanol–water partition coefficient (Wildman–Crippen LogP) is 3.43. The lowest BCUT2D eigenvalue weighted by Crippen LogP contribution is -2.27. The number of Topliss-reactive ketones (excluding diaryl/α,β-unsaturated/α-hetero) is 1. The zero-order valence-electron chi connectivity index (χ0n) is 13.1. The molecule has 0 aliphatic carbocycles. The summed E-state index contributed by atoms with van der Waals surface area (Å²) in [7, 11) is 0. The third kappa shape index (κ3) is 4.42. The van der Waals surface area contributed by atoms with Gasteiger partial charge in [0.15, 0.2) is 11.7 Å². The first-order chi connectivity index (χ1) is 9.81. The van der Waals surface area contributed by atoms with Crippen molar-refractivity contribution in [2.24, 2.45) is 5.92 Å². The molecule has 1 atom stereocenters. The highest BCUT2D eigenvalue weighted by Gasteiger charge is 2.23. The molecule has 1 rings (SSSR count). The van der Waals surface area contributed by atoms with Gasteiger partial charge in [-0.25, -0.2) is 0 Å². The maximum absolute atomic E-state index is 11.8. The van der Waals surface area contributed by atoms with Crippen molar-refractivity contribution in [2.45, 2.75) is 46.0 Å². The van der Waals surface area contributed by atoms with Gasteiger partial charge in [0.2, 0.25) is 5.91 Å². The van der Waals surface area contributed by atoms with Crippen LogP contribution < -0.4 is 5.32 Å². The second-order valence-electron chi connectivity index (χ2n) is 5.87. The highest BCUT2D eigenvalue weighted by molar-refractivity contribution is 6.08.